The zero-order chi connectivity index (χ0) is 14.5. The normalized spacial score (nSPS) is 15.3. The van der Waals surface area contributed by atoms with Crippen LogP contribution in [0.3, 0.4) is 0 Å². The number of oxime groups is 1. The van der Waals surface area contributed by atoms with Crippen LogP contribution in [0.5, 0.6) is 0 Å². The summed E-state index contributed by atoms with van der Waals surface area (Å²) in [5.41, 5.74) is 5.12. The minimum Gasteiger partial charge on any atom is -0.409 e. The Hall–Kier alpha value is -1.70. The monoisotopic (exact) mass is 271 g/mol. The second-order valence-corrected chi connectivity index (χ2v) is 4.55. The van der Waals surface area contributed by atoms with Crippen molar-refractivity contribution in [3.8, 4) is 0 Å². The quantitative estimate of drug-likeness (QED) is 0.212. The predicted molar refractivity (Wildman–Crippen MR) is 68.3 cm³/mol. The zero-order valence-electron chi connectivity index (χ0n) is 10.6. The number of aliphatic hydroxyl groups excluding tert-OH is 1. The summed E-state index contributed by atoms with van der Waals surface area (Å²) in [5, 5.41) is 32.9. The maximum atomic E-state index is 13.1. The van der Waals surface area contributed by atoms with Crippen LogP contribution in [0.1, 0.15) is 18.1 Å². The third-order valence-electron chi connectivity index (χ3n) is 2.62. The highest BCUT2D eigenvalue weighted by Gasteiger charge is 2.18. The van der Waals surface area contributed by atoms with Crippen LogP contribution in [0.2, 0.25) is 0 Å². The van der Waals surface area contributed by atoms with E-state index in [1.165, 1.54) is 19.1 Å². The summed E-state index contributed by atoms with van der Waals surface area (Å²) in [6.07, 6.45) is 0. The molecule has 1 atom stereocenters. The number of nitrogens with zero attached hydrogens (tertiary/aromatic N) is 1. The van der Waals surface area contributed by atoms with E-state index >= 15 is 0 Å². The highest BCUT2D eigenvalue weighted by atomic mass is 19.1. The minimum absolute atomic E-state index is 0.149. The van der Waals surface area contributed by atoms with Crippen LogP contribution in [0.15, 0.2) is 23.4 Å². The molecule has 0 amide bonds. The summed E-state index contributed by atoms with van der Waals surface area (Å²) in [5.74, 6) is -0.682. The van der Waals surface area contributed by atoms with Crippen molar-refractivity contribution in [3.63, 3.8) is 0 Å². The number of hydrogen-bond donors (Lipinski definition) is 5. The molecule has 1 unspecified atom stereocenters. The molecular weight excluding hydrogens is 253 g/mol. The van der Waals surface area contributed by atoms with E-state index in [1.54, 1.807) is 0 Å². The Balaban J connectivity index is 2.79. The maximum absolute atomic E-state index is 13.1. The predicted octanol–water partition coefficient (Wildman–Crippen LogP) is -0.247. The number of aliphatic hydroxyl groups is 2. The number of halogens is 1. The molecular formula is C12H18FN3O3. The molecule has 1 rings (SSSR count). The lowest BCUT2D eigenvalue weighted by atomic mass is 10.1. The molecule has 106 valence electrons. The van der Waals surface area contributed by atoms with Gasteiger partial charge in [-0.15, -0.1) is 0 Å². The summed E-state index contributed by atoms with van der Waals surface area (Å²) in [6.45, 7) is 1.53. The van der Waals surface area contributed by atoms with Crippen molar-refractivity contribution in [3.05, 3.63) is 35.1 Å². The van der Waals surface area contributed by atoms with Gasteiger partial charge in [0.15, 0.2) is 5.84 Å². The molecule has 0 fully saturated rings. The number of nitrogens with two attached hydrogens (primary N) is 1. The molecule has 0 bridgehead atoms. The average molecular weight is 271 g/mol. The molecule has 19 heavy (non-hydrogen) atoms. The Morgan fingerprint density at radius 1 is 1.53 bits per heavy atom. The molecule has 0 aliphatic carbocycles. The van der Waals surface area contributed by atoms with E-state index in [1.807, 2.05) is 0 Å². The van der Waals surface area contributed by atoms with E-state index in [0.29, 0.717) is 5.56 Å². The summed E-state index contributed by atoms with van der Waals surface area (Å²) in [6, 6.07) is 3.93. The van der Waals surface area contributed by atoms with E-state index in [2.05, 4.69) is 10.5 Å². The van der Waals surface area contributed by atoms with Crippen LogP contribution in [-0.4, -0.2) is 40.0 Å². The molecule has 6 N–H and O–H groups in total. The van der Waals surface area contributed by atoms with Gasteiger partial charge < -0.3 is 26.5 Å². The Kier molecular flexibility index (Phi) is 5.22. The third kappa shape index (κ3) is 4.47. The highest BCUT2D eigenvalue weighted by Crippen LogP contribution is 2.11. The van der Waals surface area contributed by atoms with Gasteiger partial charge in [0.1, 0.15) is 5.82 Å². The van der Waals surface area contributed by atoms with Crippen LogP contribution >= 0.6 is 0 Å². The van der Waals surface area contributed by atoms with Gasteiger partial charge in [0.2, 0.25) is 0 Å². The zero-order valence-corrected chi connectivity index (χ0v) is 10.6. The van der Waals surface area contributed by atoms with Gasteiger partial charge in [0.25, 0.3) is 0 Å². The van der Waals surface area contributed by atoms with Crippen LogP contribution < -0.4 is 11.1 Å². The first-order valence-electron chi connectivity index (χ1n) is 5.70. The van der Waals surface area contributed by atoms with Crippen LogP contribution in [0.4, 0.5) is 4.39 Å². The fraction of sp³-hybridized carbons (Fsp3) is 0.417. The van der Waals surface area contributed by atoms with Gasteiger partial charge in [0.05, 0.1) is 12.2 Å². The van der Waals surface area contributed by atoms with E-state index in [4.69, 9.17) is 16.0 Å². The van der Waals surface area contributed by atoms with Crippen molar-refractivity contribution in [2.75, 3.05) is 13.2 Å². The van der Waals surface area contributed by atoms with Crippen molar-refractivity contribution in [1.82, 2.24) is 5.32 Å². The van der Waals surface area contributed by atoms with E-state index in [9.17, 15) is 9.50 Å². The Morgan fingerprint density at radius 3 is 2.79 bits per heavy atom. The first-order chi connectivity index (χ1) is 8.89. The molecule has 0 aromatic heterocycles. The second-order valence-electron chi connectivity index (χ2n) is 4.55. The van der Waals surface area contributed by atoms with E-state index in [-0.39, 0.29) is 31.1 Å². The Bertz CT molecular complexity index is 464. The Labute approximate surface area is 110 Å². The van der Waals surface area contributed by atoms with Crippen molar-refractivity contribution < 1.29 is 19.8 Å². The lowest BCUT2D eigenvalue weighted by molar-refractivity contribution is 0.00253. The molecule has 0 aliphatic rings. The van der Waals surface area contributed by atoms with E-state index in [0.717, 1.165) is 6.07 Å². The second kappa shape index (κ2) is 6.46. The maximum Gasteiger partial charge on any atom is 0.170 e. The number of amidine groups is 1. The molecule has 0 spiro atoms. The first kappa shape index (κ1) is 15.4. The van der Waals surface area contributed by atoms with Gasteiger partial charge in [-0.3, -0.25) is 0 Å². The summed E-state index contributed by atoms with van der Waals surface area (Å²) >= 11 is 0. The molecule has 6 nitrogen and oxygen atoms in total. The molecule has 0 saturated carbocycles. The van der Waals surface area contributed by atoms with Gasteiger partial charge in [0, 0.05) is 18.7 Å². The van der Waals surface area contributed by atoms with Crippen molar-refractivity contribution >= 4 is 5.84 Å². The largest absolute Gasteiger partial charge is 0.409 e. The third-order valence-corrected chi connectivity index (χ3v) is 2.62. The molecule has 0 radical (unpaired) electrons. The van der Waals surface area contributed by atoms with Gasteiger partial charge in [-0.05, 0) is 24.6 Å². The lowest BCUT2D eigenvalue weighted by Gasteiger charge is -2.21. The van der Waals surface area contributed by atoms with Crippen LogP contribution in [0, 0.1) is 5.82 Å². The molecule has 0 aliphatic heterocycles. The van der Waals surface area contributed by atoms with Crippen molar-refractivity contribution in [2.45, 2.75) is 19.1 Å². The first-order valence-corrected chi connectivity index (χ1v) is 5.70. The van der Waals surface area contributed by atoms with Crippen molar-refractivity contribution in [2.24, 2.45) is 10.9 Å². The summed E-state index contributed by atoms with van der Waals surface area (Å²) in [7, 11) is 0. The van der Waals surface area contributed by atoms with Gasteiger partial charge in [-0.1, -0.05) is 11.2 Å². The van der Waals surface area contributed by atoms with Gasteiger partial charge in [-0.2, -0.15) is 0 Å². The van der Waals surface area contributed by atoms with Crippen LogP contribution in [0.25, 0.3) is 0 Å². The fourth-order valence-corrected chi connectivity index (χ4v) is 1.52. The van der Waals surface area contributed by atoms with Gasteiger partial charge in [-0.25, -0.2) is 4.39 Å². The number of nitrogens with one attached hydrogen (secondary N) is 1. The van der Waals surface area contributed by atoms with Gasteiger partial charge >= 0.3 is 0 Å². The molecule has 0 heterocycles. The number of benzene rings is 1. The molecule has 0 saturated heterocycles. The lowest BCUT2D eigenvalue weighted by Crippen LogP contribution is -2.40. The Morgan fingerprint density at radius 2 is 2.21 bits per heavy atom. The summed E-state index contributed by atoms with van der Waals surface area (Å²) in [4.78, 5) is 0. The summed E-state index contributed by atoms with van der Waals surface area (Å²) < 4.78 is 13.1. The van der Waals surface area contributed by atoms with Crippen molar-refractivity contribution in [1.29, 1.82) is 0 Å². The fourth-order valence-electron chi connectivity index (χ4n) is 1.52. The topological polar surface area (TPSA) is 111 Å². The van der Waals surface area contributed by atoms with E-state index < -0.39 is 11.4 Å². The number of hydrogen-bond acceptors (Lipinski definition) is 5. The smallest absolute Gasteiger partial charge is 0.170 e. The molecule has 7 heteroatoms. The SMILES string of the molecule is CC(O)(CO)CNCc1ccc(F)cc1C(N)=NO. The average Bonchev–Trinajstić information content (AvgIpc) is 2.39. The minimum atomic E-state index is -1.24. The standard InChI is InChI=1S/C12H18FN3O3/c1-12(18,7-17)6-15-5-8-2-3-9(13)4-10(8)11(14)16-19/h2-4,15,17-19H,5-7H2,1H3,(H2,14,16). The molecule has 1 aromatic carbocycles. The number of rotatable bonds is 6. The van der Waals surface area contributed by atoms with Crippen LogP contribution in [-0.2, 0) is 6.54 Å². The highest BCUT2D eigenvalue weighted by molar-refractivity contribution is 5.98. The molecule has 1 aromatic rings.